The van der Waals surface area contributed by atoms with Crippen molar-refractivity contribution in [1.82, 2.24) is 5.32 Å². The fourth-order valence-corrected chi connectivity index (χ4v) is 2.78. The Morgan fingerprint density at radius 3 is 2.46 bits per heavy atom. The van der Waals surface area contributed by atoms with Crippen LogP contribution >= 0.6 is 0 Å². The lowest BCUT2D eigenvalue weighted by atomic mass is 10.2. The molecule has 0 aromatic heterocycles. The van der Waals surface area contributed by atoms with Gasteiger partial charge in [0.25, 0.3) is 0 Å². The van der Waals surface area contributed by atoms with Gasteiger partial charge in [-0.1, -0.05) is 18.2 Å². The second kappa shape index (κ2) is 9.66. The van der Waals surface area contributed by atoms with Gasteiger partial charge in [-0.15, -0.1) is 0 Å². The number of ether oxygens (including phenoxy) is 1. The molecule has 6 nitrogen and oxygen atoms in total. The number of hydrogen-bond donors (Lipinski definition) is 3. The monoisotopic (exact) mass is 383 g/mol. The number of anilines is 2. The third kappa shape index (κ3) is 5.92. The Kier molecular flexibility index (Phi) is 6.75. The highest BCUT2D eigenvalue weighted by Gasteiger charge is 2.16. The summed E-state index contributed by atoms with van der Waals surface area (Å²) in [5.74, 6) is -0.766. The SMILES string of the molecule is O=C(/C=C/c1ccccc1F)Nc1ccc(NC(=O)NCC2CCCO2)cc1. The maximum atomic E-state index is 13.5. The van der Waals surface area contributed by atoms with Crippen LogP contribution in [0.4, 0.5) is 20.6 Å². The minimum absolute atomic E-state index is 0.0840. The summed E-state index contributed by atoms with van der Waals surface area (Å²) in [7, 11) is 0. The zero-order valence-corrected chi connectivity index (χ0v) is 15.3. The third-order valence-corrected chi connectivity index (χ3v) is 4.24. The van der Waals surface area contributed by atoms with Crippen molar-refractivity contribution in [3.05, 3.63) is 66.0 Å². The number of halogens is 1. The van der Waals surface area contributed by atoms with Gasteiger partial charge in [-0.2, -0.15) is 0 Å². The third-order valence-electron chi connectivity index (χ3n) is 4.24. The average molecular weight is 383 g/mol. The number of urea groups is 1. The molecular weight excluding hydrogens is 361 g/mol. The molecule has 0 aliphatic carbocycles. The summed E-state index contributed by atoms with van der Waals surface area (Å²) in [6.07, 6.45) is 4.75. The average Bonchev–Trinajstić information content (AvgIpc) is 3.21. The maximum absolute atomic E-state index is 13.5. The molecule has 1 heterocycles. The molecule has 1 aliphatic rings. The summed E-state index contributed by atoms with van der Waals surface area (Å²) in [5, 5.41) is 8.18. The van der Waals surface area contributed by atoms with Crippen LogP contribution in [0.15, 0.2) is 54.6 Å². The van der Waals surface area contributed by atoms with Crippen LogP contribution in [0, 0.1) is 5.82 Å². The second-order valence-electron chi connectivity index (χ2n) is 6.39. The fourth-order valence-electron chi connectivity index (χ4n) is 2.78. The van der Waals surface area contributed by atoms with Gasteiger partial charge < -0.3 is 20.7 Å². The molecule has 3 amide bonds. The molecule has 1 aliphatic heterocycles. The summed E-state index contributed by atoms with van der Waals surface area (Å²) < 4.78 is 19.0. The minimum Gasteiger partial charge on any atom is -0.376 e. The van der Waals surface area contributed by atoms with Crippen molar-refractivity contribution in [3.63, 3.8) is 0 Å². The first-order valence-corrected chi connectivity index (χ1v) is 9.10. The Hall–Kier alpha value is -3.19. The Bertz CT molecular complexity index is 846. The molecule has 3 N–H and O–H groups in total. The number of hydrogen-bond acceptors (Lipinski definition) is 3. The van der Waals surface area contributed by atoms with E-state index in [1.165, 1.54) is 18.2 Å². The Labute approximate surface area is 162 Å². The summed E-state index contributed by atoms with van der Waals surface area (Å²) in [6, 6.07) is 12.6. The van der Waals surface area contributed by atoms with Crippen molar-refractivity contribution in [2.75, 3.05) is 23.8 Å². The number of nitrogens with one attached hydrogen (secondary N) is 3. The topological polar surface area (TPSA) is 79.5 Å². The highest BCUT2D eigenvalue weighted by Crippen LogP contribution is 2.15. The number of amides is 3. The van der Waals surface area contributed by atoms with E-state index in [4.69, 9.17) is 4.74 Å². The highest BCUT2D eigenvalue weighted by atomic mass is 19.1. The predicted octanol–water partition coefficient (Wildman–Crippen LogP) is 3.78. The lowest BCUT2D eigenvalue weighted by molar-refractivity contribution is -0.111. The molecule has 2 aromatic carbocycles. The quantitative estimate of drug-likeness (QED) is 0.664. The molecule has 0 saturated carbocycles. The van der Waals surface area contributed by atoms with Gasteiger partial charge in [0, 0.05) is 36.2 Å². The van der Waals surface area contributed by atoms with Crippen LogP contribution in [-0.2, 0) is 9.53 Å². The summed E-state index contributed by atoms with van der Waals surface area (Å²) in [4.78, 5) is 23.9. The highest BCUT2D eigenvalue weighted by molar-refractivity contribution is 6.02. The van der Waals surface area contributed by atoms with Gasteiger partial charge in [0.2, 0.25) is 5.91 Å². The van der Waals surface area contributed by atoms with E-state index >= 15 is 0 Å². The molecule has 1 saturated heterocycles. The number of carbonyl (C=O) groups excluding carboxylic acids is 2. The van der Waals surface area contributed by atoms with Crippen LogP contribution < -0.4 is 16.0 Å². The van der Waals surface area contributed by atoms with Crippen molar-refractivity contribution in [2.24, 2.45) is 0 Å². The van der Waals surface area contributed by atoms with Gasteiger partial charge in [-0.3, -0.25) is 4.79 Å². The number of rotatable bonds is 6. The largest absolute Gasteiger partial charge is 0.376 e. The van der Waals surface area contributed by atoms with Crippen LogP contribution in [-0.4, -0.2) is 31.2 Å². The van der Waals surface area contributed by atoms with E-state index in [1.54, 1.807) is 42.5 Å². The van der Waals surface area contributed by atoms with Crippen molar-refractivity contribution in [2.45, 2.75) is 18.9 Å². The summed E-state index contributed by atoms with van der Waals surface area (Å²) in [6.45, 7) is 1.23. The molecule has 1 unspecified atom stereocenters. The van der Waals surface area contributed by atoms with E-state index in [0.717, 1.165) is 19.4 Å². The first kappa shape index (κ1) is 19.6. The van der Waals surface area contributed by atoms with Crippen LogP contribution in [0.3, 0.4) is 0 Å². The molecule has 0 radical (unpaired) electrons. The Balaban J connectivity index is 1.46. The van der Waals surface area contributed by atoms with Crippen molar-refractivity contribution in [3.8, 4) is 0 Å². The minimum atomic E-state index is -0.389. The van der Waals surface area contributed by atoms with Crippen LogP contribution in [0.25, 0.3) is 6.08 Å². The molecule has 3 rings (SSSR count). The van der Waals surface area contributed by atoms with Crippen LogP contribution in [0.5, 0.6) is 0 Å². The zero-order chi connectivity index (χ0) is 19.8. The lowest BCUT2D eigenvalue weighted by Gasteiger charge is -2.12. The summed E-state index contributed by atoms with van der Waals surface area (Å²) in [5.41, 5.74) is 1.50. The maximum Gasteiger partial charge on any atom is 0.319 e. The molecule has 0 spiro atoms. The van der Waals surface area contributed by atoms with E-state index in [2.05, 4.69) is 16.0 Å². The lowest BCUT2D eigenvalue weighted by Crippen LogP contribution is -2.35. The first-order valence-electron chi connectivity index (χ1n) is 9.10. The molecule has 2 aromatic rings. The number of benzene rings is 2. The van der Waals surface area contributed by atoms with Crippen molar-refractivity contribution >= 4 is 29.4 Å². The van der Waals surface area contributed by atoms with E-state index in [-0.39, 0.29) is 23.9 Å². The predicted molar refractivity (Wildman–Crippen MR) is 107 cm³/mol. The van der Waals surface area contributed by atoms with Gasteiger partial charge in [0.1, 0.15) is 5.82 Å². The van der Waals surface area contributed by atoms with Crippen LogP contribution in [0.1, 0.15) is 18.4 Å². The molecule has 0 bridgehead atoms. The Morgan fingerprint density at radius 2 is 1.79 bits per heavy atom. The standard InChI is InChI=1S/C21H22FN3O3/c22-19-6-2-1-4-15(19)7-12-20(26)24-16-8-10-17(11-9-16)25-21(27)23-14-18-5-3-13-28-18/h1-2,4,6-12,18H,3,5,13-14H2,(H,24,26)(H2,23,25,27)/b12-7+. The van der Waals surface area contributed by atoms with Gasteiger partial charge in [-0.25, -0.2) is 9.18 Å². The number of carbonyl (C=O) groups is 2. The zero-order valence-electron chi connectivity index (χ0n) is 15.3. The van der Waals surface area contributed by atoms with Gasteiger partial charge >= 0.3 is 6.03 Å². The molecule has 1 fully saturated rings. The molecule has 28 heavy (non-hydrogen) atoms. The van der Waals surface area contributed by atoms with Gasteiger partial charge in [-0.05, 0) is 49.2 Å². The molecule has 7 heteroatoms. The summed E-state index contributed by atoms with van der Waals surface area (Å²) >= 11 is 0. The van der Waals surface area contributed by atoms with Crippen molar-refractivity contribution in [1.29, 1.82) is 0 Å². The Morgan fingerprint density at radius 1 is 1.07 bits per heavy atom. The molecule has 1 atom stereocenters. The van der Waals surface area contributed by atoms with Gasteiger partial charge in [0.05, 0.1) is 6.10 Å². The van der Waals surface area contributed by atoms with E-state index in [0.29, 0.717) is 23.5 Å². The fraction of sp³-hybridized carbons (Fsp3) is 0.238. The van der Waals surface area contributed by atoms with Gasteiger partial charge in [0.15, 0.2) is 0 Å². The normalized spacial score (nSPS) is 16.1. The smallest absolute Gasteiger partial charge is 0.319 e. The first-order chi connectivity index (χ1) is 13.6. The molecule has 146 valence electrons. The van der Waals surface area contributed by atoms with Crippen LogP contribution in [0.2, 0.25) is 0 Å². The van der Waals surface area contributed by atoms with Crippen molar-refractivity contribution < 1.29 is 18.7 Å². The van der Waals surface area contributed by atoms with E-state index in [1.807, 2.05) is 0 Å². The second-order valence-corrected chi connectivity index (χ2v) is 6.39. The van der Waals surface area contributed by atoms with E-state index < -0.39 is 0 Å². The molecular formula is C21H22FN3O3. The van der Waals surface area contributed by atoms with E-state index in [9.17, 15) is 14.0 Å².